The van der Waals surface area contributed by atoms with Crippen LogP contribution in [0.5, 0.6) is 0 Å². The number of thioether (sulfide) groups is 1. The van der Waals surface area contributed by atoms with Crippen LogP contribution in [0.1, 0.15) is 36.8 Å². The van der Waals surface area contributed by atoms with Crippen LogP contribution in [0.15, 0.2) is 24.3 Å². The average Bonchev–Trinajstić information content (AvgIpc) is 2.62. The van der Waals surface area contributed by atoms with Crippen LogP contribution >= 0.6 is 11.8 Å². The summed E-state index contributed by atoms with van der Waals surface area (Å²) in [7, 11) is 2.37. The largest absolute Gasteiger partial charge is 0.303 e. The van der Waals surface area contributed by atoms with Crippen molar-refractivity contribution < 1.29 is 0 Å². The van der Waals surface area contributed by atoms with Crippen molar-refractivity contribution in [1.29, 1.82) is 0 Å². The molecule has 2 aliphatic heterocycles. The molecule has 0 N–H and O–H groups in total. The van der Waals surface area contributed by atoms with E-state index in [4.69, 9.17) is 0 Å². The van der Waals surface area contributed by atoms with Gasteiger partial charge in [0.05, 0.1) is 0 Å². The van der Waals surface area contributed by atoms with Gasteiger partial charge in [0.15, 0.2) is 0 Å². The van der Waals surface area contributed by atoms with Gasteiger partial charge in [-0.2, -0.15) is 11.8 Å². The van der Waals surface area contributed by atoms with Gasteiger partial charge in [0.25, 0.3) is 0 Å². The number of aryl methyl sites for hydroxylation is 1. The van der Waals surface area contributed by atoms with E-state index >= 15 is 0 Å². The number of hydrogen-bond donors (Lipinski definition) is 0. The molecule has 134 valence electrons. The summed E-state index contributed by atoms with van der Waals surface area (Å²) in [6.07, 6.45) is 6.80. The monoisotopic (exact) mass is 346 g/mol. The number of likely N-dealkylation sites (tertiary alicyclic amines) is 1. The zero-order valence-electron chi connectivity index (χ0n) is 15.5. The first-order valence-electron chi connectivity index (χ1n) is 9.77. The predicted octanol–water partition coefficient (Wildman–Crippen LogP) is 4.08. The van der Waals surface area contributed by atoms with E-state index in [0.717, 1.165) is 12.0 Å². The van der Waals surface area contributed by atoms with Crippen LogP contribution in [0.4, 0.5) is 0 Å². The molecule has 0 amide bonds. The molecule has 0 bridgehead atoms. The molecular weight excluding hydrogens is 312 g/mol. The number of nitrogens with zero attached hydrogens (tertiary/aromatic N) is 2. The molecule has 0 radical (unpaired) electrons. The number of rotatable bonds is 6. The summed E-state index contributed by atoms with van der Waals surface area (Å²) in [6.45, 7) is 7.37. The zero-order chi connectivity index (χ0) is 16.8. The second-order valence-corrected chi connectivity index (χ2v) is 8.99. The van der Waals surface area contributed by atoms with E-state index < -0.39 is 0 Å². The molecule has 24 heavy (non-hydrogen) atoms. The van der Waals surface area contributed by atoms with Gasteiger partial charge < -0.3 is 9.80 Å². The normalized spacial score (nSPS) is 23.7. The van der Waals surface area contributed by atoms with Crippen LogP contribution in [-0.2, 0) is 6.42 Å². The summed E-state index contributed by atoms with van der Waals surface area (Å²) >= 11 is 2.13. The standard InChI is InChI=1S/C21H34N2S/c1-18-6-3-4-8-20(18)9-13-23-12-5-7-19(17-23)16-22(2)21-10-14-24-15-11-21/h3-4,6,8,19,21H,5,7,9-17H2,1-2H3. The van der Waals surface area contributed by atoms with Crippen molar-refractivity contribution in [2.24, 2.45) is 5.92 Å². The van der Waals surface area contributed by atoms with E-state index in [1.54, 1.807) is 0 Å². The molecule has 2 aliphatic rings. The quantitative estimate of drug-likeness (QED) is 0.766. The van der Waals surface area contributed by atoms with E-state index in [2.05, 4.69) is 59.8 Å². The minimum absolute atomic E-state index is 0.841. The third-order valence-electron chi connectivity index (χ3n) is 5.92. The van der Waals surface area contributed by atoms with Gasteiger partial charge in [-0.1, -0.05) is 24.3 Å². The van der Waals surface area contributed by atoms with Crippen LogP contribution in [0.2, 0.25) is 0 Å². The summed E-state index contributed by atoms with van der Waals surface area (Å²) in [5, 5.41) is 0. The molecule has 2 saturated heterocycles. The molecule has 0 saturated carbocycles. The molecule has 2 nitrogen and oxygen atoms in total. The molecule has 0 aromatic heterocycles. The summed E-state index contributed by atoms with van der Waals surface area (Å²) < 4.78 is 0. The van der Waals surface area contributed by atoms with E-state index in [1.807, 2.05) is 0 Å². The lowest BCUT2D eigenvalue weighted by Crippen LogP contribution is -2.44. The van der Waals surface area contributed by atoms with E-state index in [0.29, 0.717) is 0 Å². The van der Waals surface area contributed by atoms with E-state index in [1.165, 1.54) is 80.9 Å². The number of hydrogen-bond acceptors (Lipinski definition) is 3. The van der Waals surface area contributed by atoms with Crippen LogP contribution in [-0.4, -0.2) is 60.6 Å². The lowest BCUT2D eigenvalue weighted by molar-refractivity contribution is 0.123. The Hall–Kier alpha value is -0.510. The number of piperidine rings is 1. The van der Waals surface area contributed by atoms with Crippen molar-refractivity contribution in [2.45, 2.75) is 45.1 Å². The van der Waals surface area contributed by atoms with E-state index in [9.17, 15) is 0 Å². The smallest absolute Gasteiger partial charge is 0.0108 e. The van der Waals surface area contributed by atoms with Crippen LogP contribution in [0.3, 0.4) is 0 Å². The first kappa shape index (κ1) is 18.3. The molecule has 2 heterocycles. The minimum atomic E-state index is 0.841. The third-order valence-corrected chi connectivity index (χ3v) is 6.97. The Morgan fingerprint density at radius 2 is 1.96 bits per heavy atom. The van der Waals surface area contributed by atoms with Gasteiger partial charge >= 0.3 is 0 Å². The molecule has 3 rings (SSSR count). The second kappa shape index (κ2) is 9.26. The van der Waals surface area contributed by atoms with Gasteiger partial charge in [-0.05, 0) is 81.2 Å². The van der Waals surface area contributed by atoms with Gasteiger partial charge in [-0.15, -0.1) is 0 Å². The molecule has 1 atom stereocenters. The Kier molecular flexibility index (Phi) is 7.06. The zero-order valence-corrected chi connectivity index (χ0v) is 16.4. The highest BCUT2D eigenvalue weighted by atomic mass is 32.2. The summed E-state index contributed by atoms with van der Waals surface area (Å²) in [5.74, 6) is 3.60. The van der Waals surface area contributed by atoms with Crippen molar-refractivity contribution in [2.75, 3.05) is 44.7 Å². The Labute approximate surface area is 153 Å². The van der Waals surface area contributed by atoms with E-state index in [-0.39, 0.29) is 0 Å². The van der Waals surface area contributed by atoms with Gasteiger partial charge in [0.2, 0.25) is 0 Å². The summed E-state index contributed by atoms with van der Waals surface area (Å²) in [6, 6.07) is 9.71. The molecule has 2 fully saturated rings. The Morgan fingerprint density at radius 1 is 1.17 bits per heavy atom. The van der Waals surface area contributed by atoms with Gasteiger partial charge in [-0.3, -0.25) is 0 Å². The molecule has 1 aromatic carbocycles. The SMILES string of the molecule is Cc1ccccc1CCN1CCCC(CN(C)C2CCSCC2)C1. The fourth-order valence-electron chi connectivity index (χ4n) is 4.35. The Balaban J connectivity index is 1.44. The predicted molar refractivity (Wildman–Crippen MR) is 107 cm³/mol. The third kappa shape index (κ3) is 5.24. The van der Waals surface area contributed by atoms with Crippen LogP contribution in [0.25, 0.3) is 0 Å². The Bertz CT molecular complexity index is 498. The topological polar surface area (TPSA) is 6.48 Å². The minimum Gasteiger partial charge on any atom is -0.303 e. The second-order valence-electron chi connectivity index (χ2n) is 7.77. The van der Waals surface area contributed by atoms with Crippen molar-refractivity contribution in [3.05, 3.63) is 35.4 Å². The fourth-order valence-corrected chi connectivity index (χ4v) is 5.44. The highest BCUT2D eigenvalue weighted by Crippen LogP contribution is 2.24. The highest BCUT2D eigenvalue weighted by Gasteiger charge is 2.24. The highest BCUT2D eigenvalue weighted by molar-refractivity contribution is 7.99. The maximum atomic E-state index is 2.71. The van der Waals surface area contributed by atoms with Crippen molar-refractivity contribution in [1.82, 2.24) is 9.80 Å². The van der Waals surface area contributed by atoms with Crippen molar-refractivity contribution >= 4 is 11.8 Å². The number of benzene rings is 1. The lowest BCUT2D eigenvalue weighted by Gasteiger charge is -2.38. The summed E-state index contributed by atoms with van der Waals surface area (Å²) in [5.41, 5.74) is 2.97. The van der Waals surface area contributed by atoms with Crippen LogP contribution in [0, 0.1) is 12.8 Å². The molecule has 0 spiro atoms. The molecule has 1 aromatic rings. The molecular formula is C21H34N2S. The first-order chi connectivity index (χ1) is 11.7. The summed E-state index contributed by atoms with van der Waals surface area (Å²) in [4.78, 5) is 5.39. The van der Waals surface area contributed by atoms with Gasteiger partial charge in [0.1, 0.15) is 0 Å². The molecule has 3 heteroatoms. The molecule has 1 unspecified atom stereocenters. The fraction of sp³-hybridized carbons (Fsp3) is 0.714. The maximum Gasteiger partial charge on any atom is 0.0108 e. The van der Waals surface area contributed by atoms with Crippen molar-refractivity contribution in [3.8, 4) is 0 Å². The van der Waals surface area contributed by atoms with Gasteiger partial charge in [0, 0.05) is 25.7 Å². The lowest BCUT2D eigenvalue weighted by atomic mass is 9.95. The molecule has 0 aliphatic carbocycles. The first-order valence-corrected chi connectivity index (χ1v) is 10.9. The Morgan fingerprint density at radius 3 is 2.75 bits per heavy atom. The van der Waals surface area contributed by atoms with Gasteiger partial charge in [-0.25, -0.2) is 0 Å². The van der Waals surface area contributed by atoms with Crippen LogP contribution < -0.4 is 0 Å². The average molecular weight is 347 g/mol. The maximum absolute atomic E-state index is 2.71. The van der Waals surface area contributed by atoms with Crippen molar-refractivity contribution in [3.63, 3.8) is 0 Å².